The van der Waals surface area contributed by atoms with E-state index in [-0.39, 0.29) is 35.3 Å². The smallest absolute Gasteiger partial charge is 0.310 e. The fourth-order valence-corrected chi connectivity index (χ4v) is 1.62. The van der Waals surface area contributed by atoms with Gasteiger partial charge in [0.1, 0.15) is 10.7 Å². The molecule has 0 atom stereocenters. The maximum absolute atomic E-state index is 11.1. The molecule has 0 fully saturated rings. The zero-order valence-corrected chi connectivity index (χ0v) is 10.6. The summed E-state index contributed by atoms with van der Waals surface area (Å²) in [7, 11) is 0. The average Bonchev–Trinajstić information content (AvgIpc) is 2.28. The second-order valence-electron chi connectivity index (χ2n) is 3.37. The van der Waals surface area contributed by atoms with Gasteiger partial charge in [-0.3, -0.25) is 14.9 Å². The third-order valence-electron chi connectivity index (χ3n) is 2.12. The van der Waals surface area contributed by atoms with E-state index in [1.54, 1.807) is 13.0 Å². The van der Waals surface area contributed by atoms with Crippen LogP contribution in [0.5, 0.6) is 0 Å². The molecule has 1 aromatic carbocycles. The summed E-state index contributed by atoms with van der Waals surface area (Å²) >= 11 is 5.74. The SMILES string of the molecule is CCOC(=O)CCNc1cccc(Cl)c1[N+](=O)[O-]. The van der Waals surface area contributed by atoms with Gasteiger partial charge in [-0.05, 0) is 19.1 Å². The molecule has 1 rings (SSSR count). The van der Waals surface area contributed by atoms with Crippen molar-refractivity contribution in [2.24, 2.45) is 0 Å². The van der Waals surface area contributed by atoms with Gasteiger partial charge in [0, 0.05) is 6.54 Å². The molecule has 0 saturated heterocycles. The van der Waals surface area contributed by atoms with Gasteiger partial charge < -0.3 is 10.1 Å². The zero-order chi connectivity index (χ0) is 13.5. The predicted octanol–water partition coefficient (Wildman–Crippen LogP) is 2.61. The lowest BCUT2D eigenvalue weighted by Crippen LogP contribution is -2.12. The van der Waals surface area contributed by atoms with E-state index in [1.165, 1.54) is 12.1 Å². The normalized spacial score (nSPS) is 9.89. The van der Waals surface area contributed by atoms with Crippen LogP contribution in [0.4, 0.5) is 11.4 Å². The van der Waals surface area contributed by atoms with Gasteiger partial charge in [-0.2, -0.15) is 0 Å². The van der Waals surface area contributed by atoms with Crippen molar-refractivity contribution in [1.82, 2.24) is 0 Å². The van der Waals surface area contributed by atoms with Crippen molar-refractivity contribution in [3.05, 3.63) is 33.3 Å². The van der Waals surface area contributed by atoms with E-state index < -0.39 is 4.92 Å². The number of rotatable bonds is 6. The third-order valence-corrected chi connectivity index (χ3v) is 2.42. The summed E-state index contributed by atoms with van der Waals surface area (Å²) in [5.41, 5.74) is 0.0971. The van der Waals surface area contributed by atoms with Crippen molar-refractivity contribution < 1.29 is 14.5 Å². The molecule has 0 spiro atoms. The number of benzene rings is 1. The Morgan fingerprint density at radius 3 is 2.89 bits per heavy atom. The molecule has 1 aromatic rings. The van der Waals surface area contributed by atoms with E-state index in [4.69, 9.17) is 16.3 Å². The standard InChI is InChI=1S/C11H13ClN2O4/c1-2-18-10(15)6-7-13-9-5-3-4-8(12)11(9)14(16)17/h3-5,13H,2,6-7H2,1H3. The lowest BCUT2D eigenvalue weighted by molar-refractivity contribution is -0.383. The Morgan fingerprint density at radius 2 is 2.28 bits per heavy atom. The minimum absolute atomic E-state index is 0.0566. The van der Waals surface area contributed by atoms with Crippen LogP contribution in [0.3, 0.4) is 0 Å². The number of hydrogen-bond acceptors (Lipinski definition) is 5. The second-order valence-corrected chi connectivity index (χ2v) is 3.78. The van der Waals surface area contributed by atoms with Crippen molar-refractivity contribution in [2.75, 3.05) is 18.5 Å². The largest absolute Gasteiger partial charge is 0.466 e. The minimum Gasteiger partial charge on any atom is -0.466 e. The van der Waals surface area contributed by atoms with Crippen LogP contribution in [0.25, 0.3) is 0 Å². The Bertz CT molecular complexity index is 451. The topological polar surface area (TPSA) is 81.5 Å². The zero-order valence-electron chi connectivity index (χ0n) is 9.81. The molecule has 0 aromatic heterocycles. The number of hydrogen-bond donors (Lipinski definition) is 1. The summed E-state index contributed by atoms with van der Waals surface area (Å²) in [5, 5.41) is 13.7. The van der Waals surface area contributed by atoms with Gasteiger partial charge in [-0.1, -0.05) is 17.7 Å². The van der Waals surface area contributed by atoms with E-state index in [2.05, 4.69) is 5.32 Å². The van der Waals surface area contributed by atoms with Crippen LogP contribution in [0.15, 0.2) is 18.2 Å². The number of ether oxygens (including phenoxy) is 1. The molecule has 98 valence electrons. The van der Waals surface area contributed by atoms with Crippen LogP contribution in [-0.2, 0) is 9.53 Å². The van der Waals surface area contributed by atoms with Crippen LogP contribution >= 0.6 is 11.6 Å². The molecule has 18 heavy (non-hydrogen) atoms. The number of halogens is 1. The molecule has 6 nitrogen and oxygen atoms in total. The highest BCUT2D eigenvalue weighted by Crippen LogP contribution is 2.32. The molecule has 7 heteroatoms. The van der Waals surface area contributed by atoms with E-state index in [9.17, 15) is 14.9 Å². The highest BCUT2D eigenvalue weighted by molar-refractivity contribution is 6.33. The number of esters is 1. The first-order chi connectivity index (χ1) is 8.56. The van der Waals surface area contributed by atoms with Gasteiger partial charge in [-0.25, -0.2) is 0 Å². The van der Waals surface area contributed by atoms with Gasteiger partial charge in [0.25, 0.3) is 0 Å². The first-order valence-electron chi connectivity index (χ1n) is 5.38. The Morgan fingerprint density at radius 1 is 1.56 bits per heavy atom. The molecule has 0 heterocycles. The quantitative estimate of drug-likeness (QED) is 0.489. The minimum atomic E-state index is -0.560. The van der Waals surface area contributed by atoms with Gasteiger partial charge in [0.15, 0.2) is 0 Å². The number of nitro groups is 1. The maximum atomic E-state index is 11.1. The molecule has 0 amide bonds. The van der Waals surface area contributed by atoms with E-state index in [1.807, 2.05) is 0 Å². The number of carbonyl (C=O) groups excluding carboxylic acids is 1. The molecule has 0 radical (unpaired) electrons. The van der Waals surface area contributed by atoms with Crippen LogP contribution < -0.4 is 5.32 Å². The van der Waals surface area contributed by atoms with Crippen molar-refractivity contribution in [1.29, 1.82) is 0 Å². The number of carbonyl (C=O) groups is 1. The Labute approximate surface area is 109 Å². The Balaban J connectivity index is 2.65. The molecule has 0 aliphatic carbocycles. The highest BCUT2D eigenvalue weighted by Gasteiger charge is 2.18. The number of nitrogens with one attached hydrogen (secondary N) is 1. The monoisotopic (exact) mass is 272 g/mol. The molecule has 0 unspecified atom stereocenters. The maximum Gasteiger partial charge on any atom is 0.310 e. The van der Waals surface area contributed by atoms with Gasteiger partial charge in [0.2, 0.25) is 0 Å². The summed E-state index contributed by atoms with van der Waals surface area (Å²) in [6, 6.07) is 4.58. The van der Waals surface area contributed by atoms with Crippen LogP contribution in [0, 0.1) is 10.1 Å². The molecular weight excluding hydrogens is 260 g/mol. The Hall–Kier alpha value is -1.82. The van der Waals surface area contributed by atoms with Crippen LogP contribution in [0.2, 0.25) is 5.02 Å². The summed E-state index contributed by atoms with van der Waals surface area (Å²) in [5.74, 6) is -0.352. The van der Waals surface area contributed by atoms with Crippen molar-refractivity contribution >= 4 is 28.9 Å². The van der Waals surface area contributed by atoms with Crippen LogP contribution in [-0.4, -0.2) is 24.0 Å². The van der Waals surface area contributed by atoms with E-state index in [0.29, 0.717) is 6.61 Å². The fraction of sp³-hybridized carbons (Fsp3) is 0.364. The third kappa shape index (κ3) is 3.89. The van der Waals surface area contributed by atoms with E-state index in [0.717, 1.165) is 0 Å². The van der Waals surface area contributed by atoms with Gasteiger partial charge in [-0.15, -0.1) is 0 Å². The molecule has 0 saturated carbocycles. The summed E-state index contributed by atoms with van der Waals surface area (Å²) < 4.78 is 4.74. The molecule has 0 bridgehead atoms. The fourth-order valence-electron chi connectivity index (χ4n) is 1.38. The highest BCUT2D eigenvalue weighted by atomic mass is 35.5. The average molecular weight is 273 g/mol. The van der Waals surface area contributed by atoms with E-state index >= 15 is 0 Å². The molecule has 0 aliphatic heterocycles. The molecule has 1 N–H and O–H groups in total. The number of para-hydroxylation sites is 1. The number of anilines is 1. The Kier molecular flexibility index (Phi) is 5.38. The lowest BCUT2D eigenvalue weighted by Gasteiger charge is -2.07. The van der Waals surface area contributed by atoms with Gasteiger partial charge >= 0.3 is 11.7 Å². The summed E-state index contributed by atoms with van der Waals surface area (Å²) in [4.78, 5) is 21.4. The second kappa shape index (κ2) is 6.80. The first-order valence-corrected chi connectivity index (χ1v) is 5.76. The van der Waals surface area contributed by atoms with Gasteiger partial charge in [0.05, 0.1) is 18.0 Å². The van der Waals surface area contributed by atoms with Crippen molar-refractivity contribution in [3.63, 3.8) is 0 Å². The predicted molar refractivity (Wildman–Crippen MR) is 67.8 cm³/mol. The lowest BCUT2D eigenvalue weighted by atomic mass is 10.2. The summed E-state index contributed by atoms with van der Waals surface area (Å²) in [6.07, 6.45) is 0.136. The van der Waals surface area contributed by atoms with Crippen molar-refractivity contribution in [3.8, 4) is 0 Å². The number of nitrogens with zero attached hydrogens (tertiary/aromatic N) is 1. The first kappa shape index (κ1) is 14.2. The summed E-state index contributed by atoms with van der Waals surface area (Å²) in [6.45, 7) is 2.28. The number of nitro benzene ring substituents is 1. The van der Waals surface area contributed by atoms with Crippen LogP contribution in [0.1, 0.15) is 13.3 Å². The molecular formula is C11H13ClN2O4. The van der Waals surface area contributed by atoms with Crippen molar-refractivity contribution in [2.45, 2.75) is 13.3 Å². The molecule has 0 aliphatic rings.